The van der Waals surface area contributed by atoms with Crippen molar-refractivity contribution in [3.63, 3.8) is 0 Å². The van der Waals surface area contributed by atoms with Gasteiger partial charge in [-0.3, -0.25) is 14.5 Å². The third-order valence-corrected chi connectivity index (χ3v) is 10.1. The highest BCUT2D eigenvalue weighted by molar-refractivity contribution is 5.92. The van der Waals surface area contributed by atoms with Gasteiger partial charge in [0.2, 0.25) is 0 Å². The van der Waals surface area contributed by atoms with E-state index in [1.165, 1.54) is 13.0 Å². The number of likely N-dealkylation sites (tertiary alicyclic amines) is 1. The zero-order valence-corrected chi connectivity index (χ0v) is 22.7. The zero-order chi connectivity index (χ0) is 26.9. The van der Waals surface area contributed by atoms with E-state index in [9.17, 15) is 24.9 Å². The Morgan fingerprint density at radius 1 is 1.22 bits per heavy atom. The molecule has 2 saturated heterocycles. The number of hydrogen-bond donors (Lipinski definition) is 3. The van der Waals surface area contributed by atoms with E-state index >= 15 is 0 Å². The lowest BCUT2D eigenvalue weighted by Crippen LogP contribution is -2.86. The minimum Gasteiger partial charge on any atom is -0.455 e. The monoisotopic (exact) mass is 507 g/mol. The van der Waals surface area contributed by atoms with E-state index in [0.717, 1.165) is 25.9 Å². The molecule has 2 heterocycles. The number of nitrogens with zero attached hydrogens (tertiary/aromatic N) is 1. The number of carbonyl (C=O) groups excluding carboxylic acids is 2. The average molecular weight is 508 g/mol. The van der Waals surface area contributed by atoms with Gasteiger partial charge in [0.05, 0.1) is 24.4 Å². The fourth-order valence-electron chi connectivity index (χ4n) is 8.27. The van der Waals surface area contributed by atoms with Crippen LogP contribution in [0.2, 0.25) is 0 Å². The maximum Gasteiger partial charge on any atom is 0.320 e. The Kier molecular flexibility index (Phi) is 6.83. The first kappa shape index (κ1) is 27.7. The van der Waals surface area contributed by atoms with Crippen molar-refractivity contribution in [2.45, 2.75) is 109 Å². The normalized spacial score (nSPS) is 49.0. The maximum atomic E-state index is 13.9. The van der Waals surface area contributed by atoms with Crippen LogP contribution in [-0.4, -0.2) is 86.7 Å². The van der Waals surface area contributed by atoms with Gasteiger partial charge in [0, 0.05) is 24.3 Å². The van der Waals surface area contributed by atoms with Crippen LogP contribution in [0, 0.1) is 22.7 Å². The minimum absolute atomic E-state index is 0.0582. The first-order chi connectivity index (χ1) is 16.6. The zero-order valence-electron chi connectivity index (χ0n) is 22.7. The van der Waals surface area contributed by atoms with E-state index in [4.69, 9.17) is 9.47 Å². The molecule has 9 atom stereocenters. The van der Waals surface area contributed by atoms with Crippen LogP contribution in [0.25, 0.3) is 0 Å². The van der Waals surface area contributed by atoms with Crippen LogP contribution in [0.1, 0.15) is 73.6 Å². The first-order valence-corrected chi connectivity index (χ1v) is 13.4. The molecule has 5 unspecified atom stereocenters. The molecule has 0 spiro atoms. The van der Waals surface area contributed by atoms with Crippen molar-refractivity contribution in [1.29, 1.82) is 0 Å². The summed E-state index contributed by atoms with van der Waals surface area (Å²) in [5.74, 6) is -1.27. The van der Waals surface area contributed by atoms with Crippen molar-refractivity contribution in [3.8, 4) is 0 Å². The highest BCUT2D eigenvalue weighted by atomic mass is 16.6. The molecule has 0 aromatic carbocycles. The van der Waals surface area contributed by atoms with Crippen LogP contribution in [-0.2, 0) is 19.1 Å². The summed E-state index contributed by atoms with van der Waals surface area (Å²) in [5, 5.41) is 35.7. The second-order valence-corrected chi connectivity index (χ2v) is 13.2. The molecule has 8 nitrogen and oxygen atoms in total. The fourth-order valence-corrected chi connectivity index (χ4v) is 8.27. The molecule has 2 saturated carbocycles. The average Bonchev–Trinajstić information content (AvgIpc) is 2.77. The number of carbonyl (C=O) groups is 2. The third kappa shape index (κ3) is 3.82. The summed E-state index contributed by atoms with van der Waals surface area (Å²) in [6.45, 7) is 16.4. The summed E-state index contributed by atoms with van der Waals surface area (Å²) in [4.78, 5) is 29.2. The summed E-state index contributed by atoms with van der Waals surface area (Å²) >= 11 is 0. The molecule has 3 N–H and O–H groups in total. The molecule has 0 aromatic heterocycles. The molecule has 2 aliphatic carbocycles. The fraction of sp³-hybridized carbons (Fsp3) is 0.857. The van der Waals surface area contributed by atoms with Crippen LogP contribution >= 0.6 is 0 Å². The van der Waals surface area contributed by atoms with Crippen molar-refractivity contribution in [2.24, 2.45) is 22.7 Å². The van der Waals surface area contributed by atoms with Gasteiger partial charge in [0.15, 0.2) is 17.5 Å². The minimum atomic E-state index is -2.20. The summed E-state index contributed by atoms with van der Waals surface area (Å²) < 4.78 is 12.5. The summed E-state index contributed by atoms with van der Waals surface area (Å²) in [6, 6.07) is 0. The molecule has 2 aliphatic heterocycles. The Morgan fingerprint density at radius 2 is 1.89 bits per heavy atom. The van der Waals surface area contributed by atoms with Crippen LogP contribution in [0.15, 0.2) is 12.7 Å². The van der Waals surface area contributed by atoms with Crippen LogP contribution < -0.4 is 0 Å². The van der Waals surface area contributed by atoms with Gasteiger partial charge in [-0.25, -0.2) is 0 Å². The number of aliphatic hydroxyl groups is 3. The second-order valence-electron chi connectivity index (χ2n) is 13.2. The molecule has 0 aromatic rings. The van der Waals surface area contributed by atoms with Crippen molar-refractivity contribution in [1.82, 2.24) is 4.90 Å². The first-order valence-electron chi connectivity index (χ1n) is 13.4. The molecule has 0 bridgehead atoms. The quantitative estimate of drug-likeness (QED) is 0.392. The lowest BCUT2D eigenvalue weighted by molar-refractivity contribution is -0.370. The molecule has 0 amide bonds. The van der Waals surface area contributed by atoms with E-state index in [-0.39, 0.29) is 13.0 Å². The predicted octanol–water partition coefficient (Wildman–Crippen LogP) is 2.23. The topological polar surface area (TPSA) is 117 Å². The van der Waals surface area contributed by atoms with E-state index in [0.29, 0.717) is 18.8 Å². The number of Topliss-reactive ketones (excluding diaryl/α,β-unsaturated/α-hetero) is 1. The number of hydrogen-bond acceptors (Lipinski definition) is 8. The smallest absolute Gasteiger partial charge is 0.320 e. The summed E-state index contributed by atoms with van der Waals surface area (Å²) in [5.41, 5.74) is -7.11. The molecular weight excluding hydrogens is 462 g/mol. The van der Waals surface area contributed by atoms with E-state index in [1.54, 1.807) is 13.8 Å². The molecule has 204 valence electrons. The van der Waals surface area contributed by atoms with Gasteiger partial charge in [-0.05, 0) is 57.4 Å². The van der Waals surface area contributed by atoms with Crippen molar-refractivity contribution in [3.05, 3.63) is 12.7 Å². The number of ether oxygens (including phenoxy) is 2. The van der Waals surface area contributed by atoms with Crippen molar-refractivity contribution >= 4 is 11.8 Å². The van der Waals surface area contributed by atoms with Gasteiger partial charge in [0.25, 0.3) is 0 Å². The lowest BCUT2D eigenvalue weighted by atomic mass is 9.40. The molecule has 4 rings (SSSR count). The highest BCUT2D eigenvalue weighted by Gasteiger charge is 2.81. The van der Waals surface area contributed by atoms with Crippen LogP contribution in [0.3, 0.4) is 0 Å². The predicted molar refractivity (Wildman–Crippen MR) is 134 cm³/mol. The number of fused-ring (bicyclic) bond motifs is 3. The number of aliphatic hydroxyl groups excluding tert-OH is 2. The number of esters is 1. The lowest BCUT2D eigenvalue weighted by Gasteiger charge is -2.71. The van der Waals surface area contributed by atoms with Gasteiger partial charge in [-0.1, -0.05) is 33.8 Å². The Morgan fingerprint density at radius 3 is 2.50 bits per heavy atom. The number of rotatable bonds is 4. The van der Waals surface area contributed by atoms with Crippen molar-refractivity contribution in [2.75, 3.05) is 19.6 Å². The number of ketones is 1. The largest absolute Gasteiger partial charge is 0.455 e. The van der Waals surface area contributed by atoms with Gasteiger partial charge in [-0.15, -0.1) is 6.58 Å². The summed E-state index contributed by atoms with van der Waals surface area (Å²) in [6.07, 6.45) is 0.802. The molecular formula is C28H45NO7. The van der Waals surface area contributed by atoms with Crippen LogP contribution in [0.5, 0.6) is 0 Å². The molecule has 8 heteroatoms. The Balaban J connectivity index is 1.79. The maximum absolute atomic E-state index is 13.9. The van der Waals surface area contributed by atoms with Gasteiger partial charge in [-0.2, -0.15) is 0 Å². The SMILES string of the molecule is C=C[C@@]1(C)CC(=O)[C@]2(O)C3(C)C(C(O)C(OC(=O)CN4CCCC(C)C4)[C@@]2(C)O1)C(C)(C)CC[C@@H]3O. The van der Waals surface area contributed by atoms with Gasteiger partial charge >= 0.3 is 5.97 Å². The van der Waals surface area contributed by atoms with Crippen LogP contribution in [0.4, 0.5) is 0 Å². The van der Waals surface area contributed by atoms with Gasteiger partial charge in [0.1, 0.15) is 5.60 Å². The van der Waals surface area contributed by atoms with E-state index in [2.05, 4.69) is 13.5 Å². The molecule has 4 aliphatic rings. The Labute approximate surface area is 215 Å². The molecule has 0 radical (unpaired) electrons. The second kappa shape index (κ2) is 8.87. The van der Waals surface area contributed by atoms with E-state index in [1.807, 2.05) is 18.7 Å². The molecule has 36 heavy (non-hydrogen) atoms. The highest BCUT2D eigenvalue weighted by Crippen LogP contribution is 2.67. The van der Waals surface area contributed by atoms with Crippen molar-refractivity contribution < 1.29 is 34.4 Å². The standard InChI is InChI=1S/C28H45NO7/c1-8-25(5)14-19(31)28(34)26(6)18(30)11-12-24(3,4)22(26)21(33)23(27(28,7)36-25)35-20(32)16-29-13-9-10-17(2)15-29/h8,17-18,21-23,30,33-34H,1,9-16H2,2-7H3/t17?,18-,21?,22?,23?,25-,26?,27+,28-/m0/s1. The summed E-state index contributed by atoms with van der Waals surface area (Å²) in [7, 11) is 0. The van der Waals surface area contributed by atoms with Gasteiger partial charge < -0.3 is 24.8 Å². The Bertz CT molecular complexity index is 922. The van der Waals surface area contributed by atoms with E-state index < -0.39 is 63.6 Å². The molecule has 4 fully saturated rings. The number of piperidine rings is 1. The third-order valence-electron chi connectivity index (χ3n) is 10.1. The Hall–Kier alpha value is -1.32.